The maximum atomic E-state index is 10.7. The van der Waals surface area contributed by atoms with Crippen molar-refractivity contribution in [2.45, 2.75) is 12.8 Å². The molecule has 1 rings (SSSR count). The largest absolute Gasteiger partial charge is 0.629 e. The number of imide groups is 1. The molecule has 0 aromatic carbocycles. The summed E-state index contributed by atoms with van der Waals surface area (Å²) in [5, 5.41) is 0.329. The van der Waals surface area contributed by atoms with Crippen molar-refractivity contribution in [1.82, 2.24) is 5.06 Å². The summed E-state index contributed by atoms with van der Waals surface area (Å²) in [6.07, 6.45) is -1.31. The van der Waals surface area contributed by atoms with Gasteiger partial charge >= 0.3 is 0 Å². The van der Waals surface area contributed by atoms with E-state index in [1.165, 1.54) is 0 Å². The van der Waals surface area contributed by atoms with Gasteiger partial charge in [-0.05, 0) is 0 Å². The number of nitrogens with zero attached hydrogens (tertiary/aromatic N) is 1. The van der Waals surface area contributed by atoms with Gasteiger partial charge in [0.2, 0.25) is 0 Å². The first-order valence-corrected chi connectivity index (χ1v) is 2.90. The summed E-state index contributed by atoms with van der Waals surface area (Å²) in [5.41, 5.74) is 6.32. The van der Waals surface area contributed by atoms with Gasteiger partial charge in [-0.15, -0.1) is 5.06 Å². The van der Waals surface area contributed by atoms with Crippen LogP contribution < -0.4 is 0 Å². The van der Waals surface area contributed by atoms with E-state index < -0.39 is 17.9 Å². The fourth-order valence-electron chi connectivity index (χ4n) is 0.741. The van der Waals surface area contributed by atoms with Crippen molar-refractivity contribution in [3.05, 3.63) is 5.73 Å². The zero-order valence-corrected chi connectivity index (χ0v) is 7.84. The van der Waals surface area contributed by atoms with E-state index in [9.17, 15) is 14.4 Å². The van der Waals surface area contributed by atoms with E-state index >= 15 is 0 Å². The Morgan fingerprint density at radius 3 is 2.08 bits per heavy atom. The minimum atomic E-state index is -1.41. The summed E-state index contributed by atoms with van der Waals surface area (Å²) in [4.78, 5) is 35.3. The third-order valence-corrected chi connectivity index (χ3v) is 1.18. The predicted octanol–water partition coefficient (Wildman–Crippen LogP) is 0.239. The summed E-state index contributed by atoms with van der Waals surface area (Å²) in [7, 11) is 0. The van der Waals surface area contributed by atoms with Crippen LogP contribution in [0.3, 0.4) is 0 Å². The summed E-state index contributed by atoms with van der Waals surface area (Å²) in [5.74, 6) is -1.15. The monoisotopic (exact) mass is 321 g/mol. The molecule has 70 valence electrons. The Labute approximate surface area is 98.4 Å². The van der Waals surface area contributed by atoms with Crippen molar-refractivity contribution in [3.63, 3.8) is 0 Å². The van der Waals surface area contributed by atoms with Gasteiger partial charge in [-0.3, -0.25) is 14.4 Å². The van der Waals surface area contributed by atoms with Crippen LogP contribution in [0.2, 0.25) is 0 Å². The van der Waals surface area contributed by atoms with Crippen LogP contribution in [0.1, 0.15) is 12.8 Å². The number of carbonyl (C=O) groups is 3. The topological polar surface area (TPSA) is 87.5 Å². The molecular formula is C5H5DyN2O4-. The van der Waals surface area contributed by atoms with Crippen LogP contribution in [0, 0.1) is 38.2 Å². The molecule has 3 amide bonds. The molecule has 0 radical (unpaired) electrons. The predicted molar refractivity (Wildman–Crippen MR) is 31.9 cm³/mol. The Hall–Kier alpha value is -0.317. The molecule has 1 N–H and O–H groups in total. The summed E-state index contributed by atoms with van der Waals surface area (Å²) < 4.78 is 0. The first kappa shape index (κ1) is 11.7. The van der Waals surface area contributed by atoms with Crippen LogP contribution in [0.15, 0.2) is 0 Å². The Bertz CT molecular complexity index is 213. The number of hydroxylamine groups is 2. The molecule has 0 spiro atoms. The molecule has 0 aromatic heterocycles. The van der Waals surface area contributed by atoms with Crippen LogP contribution >= 0.6 is 0 Å². The first-order valence-electron chi connectivity index (χ1n) is 2.90. The maximum Gasteiger partial charge on any atom is 0.264 e. The Balaban J connectivity index is 0.00000121. The van der Waals surface area contributed by atoms with Crippen LogP contribution in [-0.4, -0.2) is 23.0 Å². The fraction of sp³-hybridized carbons (Fsp3) is 0.400. The third kappa shape index (κ3) is 2.62. The molecule has 1 heterocycles. The zero-order valence-electron chi connectivity index (χ0n) is 5.81. The van der Waals surface area contributed by atoms with E-state index in [4.69, 9.17) is 5.73 Å². The molecule has 1 fully saturated rings. The molecule has 0 aromatic rings. The smallest absolute Gasteiger partial charge is 0.264 e. The molecular weight excluding hydrogens is 315 g/mol. The Morgan fingerprint density at radius 1 is 1.33 bits per heavy atom. The second-order valence-corrected chi connectivity index (χ2v) is 1.96. The summed E-state index contributed by atoms with van der Waals surface area (Å²) in [6, 6.07) is 0. The molecule has 0 bridgehead atoms. The molecule has 7 heteroatoms. The number of rotatable bonds is 1. The molecule has 6 nitrogen and oxygen atoms in total. The average Bonchev–Trinajstić information content (AvgIpc) is 2.18. The minimum Gasteiger partial charge on any atom is -0.629 e. The fourth-order valence-corrected chi connectivity index (χ4v) is 0.741. The van der Waals surface area contributed by atoms with Crippen molar-refractivity contribution >= 4 is 17.9 Å². The van der Waals surface area contributed by atoms with E-state index in [0.717, 1.165) is 0 Å². The molecule has 0 unspecified atom stereocenters. The quantitative estimate of drug-likeness (QED) is 0.648. The van der Waals surface area contributed by atoms with Gasteiger partial charge < -0.3 is 10.6 Å². The zero-order chi connectivity index (χ0) is 8.43. The molecule has 1 aliphatic heterocycles. The molecule has 1 saturated heterocycles. The van der Waals surface area contributed by atoms with Gasteiger partial charge in [-0.2, -0.15) is 0 Å². The Kier molecular flexibility index (Phi) is 4.52. The number of amides is 3. The van der Waals surface area contributed by atoms with Crippen LogP contribution in [0.5, 0.6) is 0 Å². The standard InChI is InChI=1S/C5H6N2O4.Dy/c6-5(10)11-7-3(8)1-2-4(7)9;/h1-2H2,(H2,6,10);/p-1. The van der Waals surface area contributed by atoms with Crippen molar-refractivity contribution in [2.24, 2.45) is 0 Å². The number of nitrogens with one attached hydrogen (secondary N) is 1. The average molecular weight is 320 g/mol. The van der Waals surface area contributed by atoms with E-state index in [-0.39, 0.29) is 51.0 Å². The van der Waals surface area contributed by atoms with Gasteiger partial charge in [0.25, 0.3) is 17.9 Å². The minimum absolute atomic E-state index is 0. The van der Waals surface area contributed by atoms with Crippen molar-refractivity contribution in [1.29, 1.82) is 0 Å². The third-order valence-electron chi connectivity index (χ3n) is 1.18. The van der Waals surface area contributed by atoms with E-state index in [1.807, 2.05) is 0 Å². The van der Waals surface area contributed by atoms with Crippen molar-refractivity contribution < 1.29 is 57.4 Å². The van der Waals surface area contributed by atoms with E-state index in [1.54, 1.807) is 0 Å². The molecule has 1 aliphatic rings. The summed E-state index contributed by atoms with van der Waals surface area (Å²) in [6.45, 7) is 0. The number of carbonyl (C=O) groups excluding carboxylic acids is 3. The van der Waals surface area contributed by atoms with Crippen molar-refractivity contribution in [3.8, 4) is 0 Å². The molecule has 0 saturated carbocycles. The molecule has 0 aliphatic carbocycles. The number of hydrogen-bond donors (Lipinski definition) is 0. The van der Waals surface area contributed by atoms with Gasteiger partial charge in [0.05, 0.1) is 0 Å². The normalized spacial score (nSPS) is 15.8. The maximum absolute atomic E-state index is 10.7. The van der Waals surface area contributed by atoms with Gasteiger partial charge in [0.1, 0.15) is 0 Å². The Morgan fingerprint density at radius 2 is 1.75 bits per heavy atom. The second-order valence-electron chi connectivity index (χ2n) is 1.96. The molecule has 12 heavy (non-hydrogen) atoms. The van der Waals surface area contributed by atoms with E-state index in [0.29, 0.717) is 5.06 Å². The second kappa shape index (κ2) is 4.65. The van der Waals surface area contributed by atoms with Crippen LogP contribution in [0.25, 0.3) is 5.73 Å². The van der Waals surface area contributed by atoms with Crippen LogP contribution in [0.4, 0.5) is 4.79 Å². The first-order chi connectivity index (χ1) is 5.11. The van der Waals surface area contributed by atoms with Gasteiger partial charge in [-0.25, -0.2) is 0 Å². The van der Waals surface area contributed by atoms with Gasteiger partial charge in [0.15, 0.2) is 0 Å². The molecule has 0 atom stereocenters. The van der Waals surface area contributed by atoms with Crippen LogP contribution in [-0.2, 0) is 14.4 Å². The number of hydrogen-bond acceptors (Lipinski definition) is 4. The summed E-state index contributed by atoms with van der Waals surface area (Å²) >= 11 is 0. The van der Waals surface area contributed by atoms with Crippen molar-refractivity contribution in [2.75, 3.05) is 0 Å². The van der Waals surface area contributed by atoms with Gasteiger partial charge in [-0.1, -0.05) is 0 Å². The van der Waals surface area contributed by atoms with E-state index in [2.05, 4.69) is 4.84 Å². The van der Waals surface area contributed by atoms with Gasteiger partial charge in [0, 0.05) is 51.0 Å². The SMILES string of the molecule is [Dy].[NH-]C(=O)ON1C(=O)CCC1=O.